The maximum atomic E-state index is 12.1. The molecule has 108 valence electrons. The molecule has 2 rings (SSSR count). The first-order chi connectivity index (χ1) is 9.38. The second-order valence-electron chi connectivity index (χ2n) is 4.45. The smallest absolute Gasteiger partial charge is 0.332 e. The number of esters is 1. The molecule has 0 unspecified atom stereocenters. The van der Waals surface area contributed by atoms with Crippen LogP contribution in [0.5, 0.6) is 0 Å². The van der Waals surface area contributed by atoms with Crippen molar-refractivity contribution in [1.29, 1.82) is 0 Å². The number of carbonyl (C=O) groups is 1. The molecule has 8 nitrogen and oxygen atoms in total. The van der Waals surface area contributed by atoms with Crippen LogP contribution in [0.25, 0.3) is 11.2 Å². The first kappa shape index (κ1) is 14.0. The lowest BCUT2D eigenvalue weighted by molar-refractivity contribution is -0.142. The van der Waals surface area contributed by atoms with Crippen LogP contribution in [0.3, 0.4) is 0 Å². The number of hydrogen-bond acceptors (Lipinski definition) is 5. The molecular weight excluding hydrogens is 264 g/mol. The van der Waals surface area contributed by atoms with Gasteiger partial charge in [-0.3, -0.25) is 18.7 Å². The van der Waals surface area contributed by atoms with Crippen LogP contribution in [0.15, 0.2) is 9.59 Å². The zero-order valence-corrected chi connectivity index (χ0v) is 11.8. The topological polar surface area (TPSA) is 88.1 Å². The van der Waals surface area contributed by atoms with E-state index in [2.05, 4.69) is 4.98 Å². The Bertz CT molecular complexity index is 796. The van der Waals surface area contributed by atoms with E-state index in [1.165, 1.54) is 23.2 Å². The largest absolute Gasteiger partial charge is 0.466 e. The third-order valence-electron chi connectivity index (χ3n) is 3.18. The lowest BCUT2D eigenvalue weighted by atomic mass is 10.4. The molecule has 2 aromatic rings. The van der Waals surface area contributed by atoms with Gasteiger partial charge in [-0.1, -0.05) is 0 Å². The fourth-order valence-electron chi connectivity index (χ4n) is 2.06. The predicted molar refractivity (Wildman–Crippen MR) is 71.5 cm³/mol. The molecule has 8 heteroatoms. The molecule has 0 spiro atoms. The van der Waals surface area contributed by atoms with Gasteiger partial charge >= 0.3 is 11.7 Å². The molecular formula is C12H16N4O4. The van der Waals surface area contributed by atoms with E-state index in [1.54, 1.807) is 14.0 Å². The highest BCUT2D eigenvalue weighted by atomic mass is 16.5. The van der Waals surface area contributed by atoms with Crippen LogP contribution in [-0.2, 0) is 37.1 Å². The number of nitrogens with zero attached hydrogens (tertiary/aromatic N) is 4. The monoisotopic (exact) mass is 280 g/mol. The SMILES string of the molecule is CCOC(=O)Cc1nc2c(c(=O)n(C)c(=O)n2C)n1C. The van der Waals surface area contributed by atoms with E-state index in [1.807, 2.05) is 0 Å². The Kier molecular flexibility index (Phi) is 3.47. The number of fused-ring (bicyclic) bond motifs is 1. The summed E-state index contributed by atoms with van der Waals surface area (Å²) in [5.74, 6) is -0.0375. The molecule has 20 heavy (non-hydrogen) atoms. The summed E-state index contributed by atoms with van der Waals surface area (Å²) in [6, 6.07) is 0. The summed E-state index contributed by atoms with van der Waals surface area (Å²) in [5.41, 5.74) is -0.342. The summed E-state index contributed by atoms with van der Waals surface area (Å²) < 4.78 is 8.68. The standard InChI is InChI=1S/C12H16N4O4/c1-5-20-8(17)6-7-13-10-9(14(7)2)11(18)16(4)12(19)15(10)3/h5-6H2,1-4H3. The zero-order chi connectivity index (χ0) is 15.0. The molecule has 0 bridgehead atoms. The van der Waals surface area contributed by atoms with Crippen LogP contribution in [-0.4, -0.2) is 31.3 Å². The number of carbonyl (C=O) groups excluding carboxylic acids is 1. The van der Waals surface area contributed by atoms with Gasteiger partial charge in [0.15, 0.2) is 11.2 Å². The normalized spacial score (nSPS) is 11.0. The average molecular weight is 280 g/mol. The Morgan fingerprint density at radius 1 is 1.15 bits per heavy atom. The van der Waals surface area contributed by atoms with Crippen molar-refractivity contribution < 1.29 is 9.53 Å². The quantitative estimate of drug-likeness (QED) is 0.678. The van der Waals surface area contributed by atoms with Crippen LogP contribution in [0, 0.1) is 0 Å². The molecule has 0 aliphatic rings. The fraction of sp³-hybridized carbons (Fsp3) is 0.500. The number of imidazole rings is 1. The highest BCUT2D eigenvalue weighted by molar-refractivity contribution is 5.75. The molecule has 0 saturated carbocycles. The first-order valence-electron chi connectivity index (χ1n) is 6.15. The molecule has 0 radical (unpaired) electrons. The van der Waals surface area contributed by atoms with E-state index in [0.29, 0.717) is 5.82 Å². The lowest BCUT2D eigenvalue weighted by Crippen LogP contribution is -2.37. The predicted octanol–water partition coefficient (Wildman–Crippen LogP) is -0.924. The van der Waals surface area contributed by atoms with Crippen molar-refractivity contribution >= 4 is 17.1 Å². The molecule has 0 aliphatic heterocycles. The van der Waals surface area contributed by atoms with Crippen LogP contribution >= 0.6 is 0 Å². The molecule has 2 heterocycles. The Morgan fingerprint density at radius 3 is 2.40 bits per heavy atom. The van der Waals surface area contributed by atoms with Gasteiger partial charge in [-0.15, -0.1) is 0 Å². The zero-order valence-electron chi connectivity index (χ0n) is 11.8. The van der Waals surface area contributed by atoms with E-state index in [0.717, 1.165) is 4.57 Å². The molecule has 2 aromatic heterocycles. The van der Waals surface area contributed by atoms with Gasteiger partial charge in [0.25, 0.3) is 5.56 Å². The van der Waals surface area contributed by atoms with Crippen molar-refractivity contribution in [3.05, 3.63) is 26.7 Å². The van der Waals surface area contributed by atoms with Gasteiger partial charge < -0.3 is 9.30 Å². The second kappa shape index (κ2) is 4.95. The molecule has 0 atom stereocenters. The summed E-state index contributed by atoms with van der Waals surface area (Å²) in [5, 5.41) is 0. The van der Waals surface area contributed by atoms with Crippen LogP contribution in [0.2, 0.25) is 0 Å². The van der Waals surface area contributed by atoms with Crippen LogP contribution in [0.1, 0.15) is 12.7 Å². The summed E-state index contributed by atoms with van der Waals surface area (Å²) in [6.07, 6.45) is -0.0453. The van der Waals surface area contributed by atoms with Gasteiger partial charge in [0.05, 0.1) is 6.61 Å². The van der Waals surface area contributed by atoms with Crippen molar-refractivity contribution in [2.24, 2.45) is 21.1 Å². The summed E-state index contributed by atoms with van der Waals surface area (Å²) in [4.78, 5) is 39.7. The Balaban J connectivity index is 2.68. The maximum Gasteiger partial charge on any atom is 0.332 e. The van der Waals surface area contributed by atoms with Gasteiger partial charge in [-0.05, 0) is 6.92 Å². The van der Waals surface area contributed by atoms with Crippen molar-refractivity contribution in [3.8, 4) is 0 Å². The number of hydrogen-bond donors (Lipinski definition) is 0. The van der Waals surface area contributed by atoms with E-state index in [-0.39, 0.29) is 24.2 Å². The Morgan fingerprint density at radius 2 is 1.80 bits per heavy atom. The third-order valence-corrected chi connectivity index (χ3v) is 3.18. The lowest BCUT2D eigenvalue weighted by Gasteiger charge is -2.03. The fourth-order valence-corrected chi connectivity index (χ4v) is 2.06. The second-order valence-corrected chi connectivity index (χ2v) is 4.45. The molecule has 0 saturated heterocycles. The van der Waals surface area contributed by atoms with Gasteiger partial charge in [-0.2, -0.15) is 0 Å². The molecule has 0 N–H and O–H groups in total. The summed E-state index contributed by atoms with van der Waals surface area (Å²) in [7, 11) is 4.57. The van der Waals surface area contributed by atoms with Crippen molar-refractivity contribution in [2.45, 2.75) is 13.3 Å². The van der Waals surface area contributed by atoms with Crippen LogP contribution < -0.4 is 11.2 Å². The number of rotatable bonds is 3. The number of ether oxygens (including phenoxy) is 1. The Labute approximate surface area is 114 Å². The van der Waals surface area contributed by atoms with Crippen molar-refractivity contribution in [3.63, 3.8) is 0 Å². The van der Waals surface area contributed by atoms with Gasteiger partial charge in [0.2, 0.25) is 0 Å². The number of aromatic nitrogens is 4. The van der Waals surface area contributed by atoms with Gasteiger partial charge in [0.1, 0.15) is 12.2 Å². The van der Waals surface area contributed by atoms with E-state index in [9.17, 15) is 14.4 Å². The Hall–Kier alpha value is -2.38. The van der Waals surface area contributed by atoms with Gasteiger partial charge in [-0.25, -0.2) is 9.78 Å². The molecule has 0 aromatic carbocycles. The first-order valence-corrected chi connectivity index (χ1v) is 6.15. The van der Waals surface area contributed by atoms with Crippen molar-refractivity contribution in [1.82, 2.24) is 18.7 Å². The minimum absolute atomic E-state index is 0.0453. The maximum absolute atomic E-state index is 12.1. The number of aryl methyl sites for hydroxylation is 2. The van der Waals surface area contributed by atoms with E-state index in [4.69, 9.17) is 4.74 Å². The minimum atomic E-state index is -0.455. The van der Waals surface area contributed by atoms with E-state index >= 15 is 0 Å². The molecule has 0 aliphatic carbocycles. The summed E-state index contributed by atoms with van der Waals surface area (Å²) >= 11 is 0. The highest BCUT2D eigenvalue weighted by Crippen LogP contribution is 2.09. The molecule has 0 amide bonds. The van der Waals surface area contributed by atoms with Crippen LogP contribution in [0.4, 0.5) is 0 Å². The van der Waals surface area contributed by atoms with Gasteiger partial charge in [0, 0.05) is 21.1 Å². The summed E-state index contributed by atoms with van der Waals surface area (Å²) in [6.45, 7) is 2.00. The molecule has 0 fully saturated rings. The average Bonchev–Trinajstić information content (AvgIpc) is 2.72. The third kappa shape index (κ3) is 2.02. The van der Waals surface area contributed by atoms with Crippen molar-refractivity contribution in [2.75, 3.05) is 6.61 Å². The van der Waals surface area contributed by atoms with E-state index < -0.39 is 17.2 Å². The highest BCUT2D eigenvalue weighted by Gasteiger charge is 2.18. The minimum Gasteiger partial charge on any atom is -0.466 e.